The molecular formula is C28H22O6. The first-order valence-corrected chi connectivity index (χ1v) is 10.8. The maximum atomic E-state index is 13.1. The molecule has 2 heterocycles. The van der Waals surface area contributed by atoms with Crippen molar-refractivity contribution in [2.24, 2.45) is 0 Å². The monoisotopic (exact) mass is 454 g/mol. The summed E-state index contributed by atoms with van der Waals surface area (Å²) in [6.07, 6.45) is 1.44. The summed E-state index contributed by atoms with van der Waals surface area (Å²) >= 11 is 0. The van der Waals surface area contributed by atoms with Crippen LogP contribution in [-0.2, 0) is 6.61 Å². The van der Waals surface area contributed by atoms with Gasteiger partial charge in [0.1, 0.15) is 35.5 Å². The van der Waals surface area contributed by atoms with Gasteiger partial charge in [-0.05, 0) is 55.3 Å². The number of hydrogen-bond donors (Lipinski definition) is 0. The fourth-order valence-electron chi connectivity index (χ4n) is 4.01. The fourth-order valence-corrected chi connectivity index (χ4v) is 4.01. The molecule has 34 heavy (non-hydrogen) atoms. The molecule has 2 aromatic heterocycles. The first kappa shape index (κ1) is 21.5. The van der Waals surface area contributed by atoms with E-state index in [2.05, 4.69) is 0 Å². The van der Waals surface area contributed by atoms with Crippen LogP contribution in [0.4, 0.5) is 0 Å². The molecule has 0 amide bonds. The van der Waals surface area contributed by atoms with Gasteiger partial charge < -0.3 is 18.3 Å². The second-order valence-electron chi connectivity index (χ2n) is 8.15. The smallest absolute Gasteiger partial charge is 0.336 e. The van der Waals surface area contributed by atoms with Gasteiger partial charge in [-0.3, -0.25) is 4.79 Å². The highest BCUT2D eigenvalue weighted by atomic mass is 16.5. The number of para-hydroxylation sites is 1. The molecule has 0 aliphatic rings. The topological polar surface area (TPSA) is 78.9 Å². The minimum absolute atomic E-state index is 0.158. The maximum Gasteiger partial charge on any atom is 0.336 e. The van der Waals surface area contributed by atoms with E-state index in [1.54, 1.807) is 31.4 Å². The fraction of sp³-hybridized carbons (Fsp3) is 0.143. The summed E-state index contributed by atoms with van der Waals surface area (Å²) in [5.74, 6) is 1.12. The highest BCUT2D eigenvalue weighted by molar-refractivity contribution is 5.84. The van der Waals surface area contributed by atoms with Crippen LogP contribution < -0.4 is 20.5 Å². The number of fused-ring (bicyclic) bond motifs is 2. The third-order valence-corrected chi connectivity index (χ3v) is 5.98. The van der Waals surface area contributed by atoms with Crippen LogP contribution >= 0.6 is 0 Å². The average Bonchev–Trinajstić information content (AvgIpc) is 2.84. The normalized spacial score (nSPS) is 11.1. The summed E-state index contributed by atoms with van der Waals surface area (Å²) in [6, 6.07) is 17.7. The van der Waals surface area contributed by atoms with Crippen molar-refractivity contribution in [1.82, 2.24) is 0 Å². The third-order valence-electron chi connectivity index (χ3n) is 5.98. The predicted molar refractivity (Wildman–Crippen MR) is 131 cm³/mol. The van der Waals surface area contributed by atoms with Gasteiger partial charge in [-0.2, -0.15) is 0 Å². The lowest BCUT2D eigenvalue weighted by Gasteiger charge is -2.11. The van der Waals surface area contributed by atoms with Crippen LogP contribution in [0.15, 0.2) is 85.4 Å². The second kappa shape index (κ2) is 8.56. The van der Waals surface area contributed by atoms with Crippen molar-refractivity contribution >= 4 is 21.9 Å². The number of ether oxygens (including phenoxy) is 2. The van der Waals surface area contributed by atoms with Crippen molar-refractivity contribution < 1.29 is 18.3 Å². The van der Waals surface area contributed by atoms with Gasteiger partial charge in [0.05, 0.1) is 18.1 Å². The molecule has 0 N–H and O–H groups in total. The number of hydrogen-bond acceptors (Lipinski definition) is 6. The van der Waals surface area contributed by atoms with E-state index in [0.29, 0.717) is 39.2 Å². The number of benzene rings is 3. The molecule has 0 spiro atoms. The Morgan fingerprint density at radius 2 is 1.62 bits per heavy atom. The molecule has 0 bridgehead atoms. The quantitative estimate of drug-likeness (QED) is 0.314. The molecule has 6 heteroatoms. The minimum Gasteiger partial charge on any atom is -0.496 e. The molecule has 0 unspecified atom stereocenters. The van der Waals surface area contributed by atoms with E-state index < -0.39 is 5.63 Å². The molecule has 5 aromatic rings. The Morgan fingerprint density at radius 3 is 2.44 bits per heavy atom. The van der Waals surface area contributed by atoms with Crippen LogP contribution in [0.3, 0.4) is 0 Å². The minimum atomic E-state index is -0.428. The van der Waals surface area contributed by atoms with Crippen LogP contribution in [0.25, 0.3) is 33.1 Å². The zero-order valence-electron chi connectivity index (χ0n) is 19.0. The van der Waals surface area contributed by atoms with E-state index in [-0.39, 0.29) is 12.0 Å². The van der Waals surface area contributed by atoms with Crippen molar-refractivity contribution in [3.63, 3.8) is 0 Å². The molecular weight excluding hydrogens is 432 g/mol. The summed E-state index contributed by atoms with van der Waals surface area (Å²) in [5.41, 5.74) is 4.31. The zero-order chi connectivity index (χ0) is 23.8. The summed E-state index contributed by atoms with van der Waals surface area (Å²) in [5, 5.41) is 1.27. The second-order valence-corrected chi connectivity index (χ2v) is 8.15. The Bertz CT molecular complexity index is 1660. The molecule has 6 nitrogen and oxygen atoms in total. The zero-order valence-corrected chi connectivity index (χ0v) is 19.0. The van der Waals surface area contributed by atoms with Crippen LogP contribution in [-0.4, -0.2) is 7.11 Å². The molecule has 0 fully saturated rings. The van der Waals surface area contributed by atoms with E-state index in [1.807, 2.05) is 44.2 Å². The Labute approximate surface area is 195 Å². The Balaban J connectivity index is 1.48. The Kier molecular flexibility index (Phi) is 5.42. The van der Waals surface area contributed by atoms with Gasteiger partial charge >= 0.3 is 5.63 Å². The highest BCUT2D eigenvalue weighted by Gasteiger charge is 2.14. The number of aryl methyl sites for hydroxylation is 2. The lowest BCUT2D eigenvalue weighted by molar-refractivity contribution is 0.306. The van der Waals surface area contributed by atoms with Gasteiger partial charge in [0.2, 0.25) is 5.43 Å². The van der Waals surface area contributed by atoms with Gasteiger partial charge in [-0.25, -0.2) is 4.79 Å². The summed E-state index contributed by atoms with van der Waals surface area (Å²) in [7, 11) is 1.56. The summed E-state index contributed by atoms with van der Waals surface area (Å²) in [4.78, 5) is 25.2. The average molecular weight is 454 g/mol. The molecule has 0 saturated heterocycles. The Hall–Kier alpha value is -4.32. The molecule has 0 aliphatic heterocycles. The highest BCUT2D eigenvalue weighted by Crippen LogP contribution is 2.30. The largest absolute Gasteiger partial charge is 0.496 e. The van der Waals surface area contributed by atoms with Gasteiger partial charge in [-0.15, -0.1) is 0 Å². The van der Waals surface area contributed by atoms with E-state index >= 15 is 0 Å². The van der Waals surface area contributed by atoms with Gasteiger partial charge in [-0.1, -0.05) is 18.2 Å². The van der Waals surface area contributed by atoms with Crippen molar-refractivity contribution in [2.75, 3.05) is 7.11 Å². The maximum absolute atomic E-state index is 13.1. The molecule has 0 radical (unpaired) electrons. The van der Waals surface area contributed by atoms with E-state index in [0.717, 1.165) is 22.1 Å². The standard InChI is InChI=1S/C28H22O6/c1-16-10-22-18(12-27(29)34-26(22)11-17(16)2)14-32-19-8-9-21-25(13-19)33-15-23(28(21)30)20-6-4-5-7-24(20)31-3/h4-13,15H,14H2,1-3H3. The van der Waals surface area contributed by atoms with E-state index in [1.165, 1.54) is 12.3 Å². The number of rotatable bonds is 5. The summed E-state index contributed by atoms with van der Waals surface area (Å²) < 4.78 is 22.5. The van der Waals surface area contributed by atoms with E-state index in [9.17, 15) is 9.59 Å². The van der Waals surface area contributed by atoms with Gasteiger partial charge in [0.15, 0.2) is 0 Å². The lowest BCUT2D eigenvalue weighted by atomic mass is 10.0. The first-order valence-electron chi connectivity index (χ1n) is 10.8. The molecule has 3 aromatic carbocycles. The predicted octanol–water partition coefficient (Wildman–Crippen LogP) is 5.77. The van der Waals surface area contributed by atoms with Gasteiger partial charge in [0.25, 0.3) is 0 Å². The van der Waals surface area contributed by atoms with Crippen LogP contribution in [0.2, 0.25) is 0 Å². The SMILES string of the molecule is COc1ccccc1-c1coc2cc(OCc3cc(=O)oc4cc(C)c(C)cc34)ccc2c1=O. The number of methoxy groups -OCH3 is 1. The van der Waals surface area contributed by atoms with Crippen molar-refractivity contribution in [3.8, 4) is 22.6 Å². The van der Waals surface area contributed by atoms with Crippen LogP contribution in [0, 0.1) is 13.8 Å². The Morgan fingerprint density at radius 1 is 0.824 bits per heavy atom. The molecule has 5 rings (SSSR count). The first-order chi connectivity index (χ1) is 16.4. The van der Waals surface area contributed by atoms with Gasteiger partial charge in [0, 0.05) is 28.6 Å². The molecule has 0 saturated carbocycles. The molecule has 170 valence electrons. The van der Waals surface area contributed by atoms with Crippen molar-refractivity contribution in [2.45, 2.75) is 20.5 Å². The molecule has 0 atom stereocenters. The van der Waals surface area contributed by atoms with Crippen molar-refractivity contribution in [3.05, 3.63) is 104 Å². The lowest BCUT2D eigenvalue weighted by Crippen LogP contribution is -2.06. The van der Waals surface area contributed by atoms with Crippen molar-refractivity contribution in [1.29, 1.82) is 0 Å². The van der Waals surface area contributed by atoms with Crippen LogP contribution in [0.5, 0.6) is 11.5 Å². The van der Waals surface area contributed by atoms with E-state index in [4.69, 9.17) is 18.3 Å². The third kappa shape index (κ3) is 3.83. The summed E-state index contributed by atoms with van der Waals surface area (Å²) in [6.45, 7) is 4.15. The van der Waals surface area contributed by atoms with Crippen LogP contribution in [0.1, 0.15) is 16.7 Å². The molecule has 0 aliphatic carbocycles.